The molecule has 0 aromatic rings. The lowest BCUT2D eigenvalue weighted by molar-refractivity contribution is 0.326. The fourth-order valence-electron chi connectivity index (χ4n) is 2.22. The number of halogens is 1. The Balaban J connectivity index is 0.00000220. The summed E-state index contributed by atoms with van der Waals surface area (Å²) in [5.74, 6) is 2.89. The number of rotatable bonds is 6. The van der Waals surface area contributed by atoms with Gasteiger partial charge in [0.25, 0.3) is 0 Å². The molecule has 6 nitrogen and oxygen atoms in total. The van der Waals surface area contributed by atoms with E-state index in [1.165, 1.54) is 19.3 Å². The summed E-state index contributed by atoms with van der Waals surface area (Å²) >= 11 is 1.80. The van der Waals surface area contributed by atoms with Crippen molar-refractivity contribution in [2.24, 2.45) is 16.6 Å². The second-order valence-electron chi connectivity index (χ2n) is 5.28. The third kappa shape index (κ3) is 6.49. The lowest BCUT2D eigenvalue weighted by atomic mass is 9.86. The van der Waals surface area contributed by atoms with E-state index in [-0.39, 0.29) is 29.7 Å². The SMILES string of the molecule is I.NC(=NCC1CCC1)NCCS(=O)(=O)N1CCSCC1. The Bertz CT molecular complexity index is 435. The van der Waals surface area contributed by atoms with Crippen molar-refractivity contribution in [3.63, 3.8) is 0 Å². The maximum absolute atomic E-state index is 12.1. The number of sulfonamides is 1. The number of hydrogen-bond donors (Lipinski definition) is 2. The van der Waals surface area contributed by atoms with Gasteiger partial charge in [-0.15, -0.1) is 24.0 Å². The molecule has 1 aliphatic heterocycles. The molecule has 2 rings (SSSR count). The average molecular weight is 448 g/mol. The molecule has 9 heteroatoms. The molecule has 1 aliphatic carbocycles. The zero-order valence-corrected chi connectivity index (χ0v) is 16.1. The first-order valence-corrected chi connectivity index (χ1v) is 9.94. The second-order valence-corrected chi connectivity index (χ2v) is 8.59. The Morgan fingerprint density at radius 1 is 1.33 bits per heavy atom. The van der Waals surface area contributed by atoms with Crippen molar-refractivity contribution in [3.8, 4) is 0 Å². The number of aliphatic imine (C=N–C) groups is 1. The Labute approximate surface area is 148 Å². The van der Waals surface area contributed by atoms with Gasteiger partial charge in [0.1, 0.15) is 0 Å². The summed E-state index contributed by atoms with van der Waals surface area (Å²) in [5.41, 5.74) is 5.74. The van der Waals surface area contributed by atoms with E-state index in [1.54, 1.807) is 16.1 Å². The first kappa shape index (κ1) is 19.3. The number of nitrogens with one attached hydrogen (secondary N) is 1. The molecule has 21 heavy (non-hydrogen) atoms. The van der Waals surface area contributed by atoms with E-state index in [4.69, 9.17) is 5.73 Å². The summed E-state index contributed by atoms with van der Waals surface area (Å²) < 4.78 is 25.7. The van der Waals surface area contributed by atoms with Gasteiger partial charge in [-0.1, -0.05) is 6.42 Å². The van der Waals surface area contributed by atoms with E-state index in [1.807, 2.05) is 0 Å². The van der Waals surface area contributed by atoms with Gasteiger partial charge in [-0.3, -0.25) is 4.99 Å². The van der Waals surface area contributed by atoms with Crippen LogP contribution in [0.15, 0.2) is 4.99 Å². The van der Waals surface area contributed by atoms with Crippen LogP contribution in [0.5, 0.6) is 0 Å². The third-order valence-electron chi connectivity index (χ3n) is 3.77. The number of hydrogen-bond acceptors (Lipinski definition) is 4. The molecule has 1 saturated carbocycles. The average Bonchev–Trinajstić information content (AvgIpc) is 2.38. The van der Waals surface area contributed by atoms with E-state index >= 15 is 0 Å². The summed E-state index contributed by atoms with van der Waals surface area (Å²) in [6.07, 6.45) is 3.76. The van der Waals surface area contributed by atoms with Gasteiger partial charge in [-0.05, 0) is 18.8 Å². The summed E-state index contributed by atoms with van der Waals surface area (Å²) in [6.45, 7) is 2.33. The Hall–Kier alpha value is 0.260. The first-order valence-electron chi connectivity index (χ1n) is 7.17. The molecule has 0 radical (unpaired) electrons. The molecular weight excluding hydrogens is 423 g/mol. The molecule has 1 heterocycles. The maximum Gasteiger partial charge on any atom is 0.215 e. The molecule has 0 unspecified atom stereocenters. The van der Waals surface area contributed by atoms with Crippen molar-refractivity contribution in [2.45, 2.75) is 19.3 Å². The number of nitrogens with two attached hydrogens (primary N) is 1. The van der Waals surface area contributed by atoms with Crippen LogP contribution in [-0.2, 0) is 10.0 Å². The van der Waals surface area contributed by atoms with Crippen LogP contribution in [0.1, 0.15) is 19.3 Å². The normalized spacial score (nSPS) is 21.4. The number of guanidine groups is 1. The van der Waals surface area contributed by atoms with Gasteiger partial charge in [0.15, 0.2) is 5.96 Å². The molecule has 2 fully saturated rings. The van der Waals surface area contributed by atoms with Gasteiger partial charge < -0.3 is 11.1 Å². The molecule has 0 bridgehead atoms. The van der Waals surface area contributed by atoms with Gasteiger partial charge in [0, 0.05) is 37.7 Å². The predicted octanol–water partition coefficient (Wildman–Crippen LogP) is 0.687. The van der Waals surface area contributed by atoms with Crippen LogP contribution in [0.4, 0.5) is 0 Å². The highest BCUT2D eigenvalue weighted by atomic mass is 127. The molecule has 0 amide bonds. The van der Waals surface area contributed by atoms with E-state index in [9.17, 15) is 8.42 Å². The van der Waals surface area contributed by atoms with E-state index in [0.717, 1.165) is 18.1 Å². The van der Waals surface area contributed by atoms with Crippen LogP contribution in [0, 0.1) is 5.92 Å². The molecule has 0 spiro atoms. The van der Waals surface area contributed by atoms with Crippen molar-refractivity contribution in [1.82, 2.24) is 9.62 Å². The summed E-state index contributed by atoms with van der Waals surface area (Å²) in [7, 11) is -3.16. The van der Waals surface area contributed by atoms with Crippen LogP contribution in [0.25, 0.3) is 0 Å². The standard InChI is InChI=1S/C12H24N4O2S2.HI/c13-12(15-10-11-2-1-3-11)14-4-9-20(17,18)16-5-7-19-8-6-16;/h11H,1-10H2,(H3,13,14,15);1H. The van der Waals surface area contributed by atoms with Crippen molar-refractivity contribution in [2.75, 3.05) is 43.4 Å². The van der Waals surface area contributed by atoms with Gasteiger partial charge >= 0.3 is 0 Å². The van der Waals surface area contributed by atoms with Crippen molar-refractivity contribution >= 4 is 51.7 Å². The third-order valence-corrected chi connectivity index (χ3v) is 6.59. The van der Waals surface area contributed by atoms with Crippen molar-refractivity contribution in [1.29, 1.82) is 0 Å². The van der Waals surface area contributed by atoms with Crippen LogP contribution < -0.4 is 11.1 Å². The largest absolute Gasteiger partial charge is 0.370 e. The van der Waals surface area contributed by atoms with Crippen LogP contribution in [0.3, 0.4) is 0 Å². The zero-order chi connectivity index (χ0) is 14.4. The lowest BCUT2D eigenvalue weighted by Gasteiger charge is -2.25. The molecular formula is C12H25IN4O2S2. The molecule has 2 aliphatic rings. The molecule has 0 aromatic carbocycles. The minimum atomic E-state index is -3.16. The molecule has 1 saturated heterocycles. The minimum absolute atomic E-state index is 0. The fraction of sp³-hybridized carbons (Fsp3) is 0.917. The van der Waals surface area contributed by atoms with E-state index in [0.29, 0.717) is 31.5 Å². The van der Waals surface area contributed by atoms with E-state index < -0.39 is 10.0 Å². The summed E-state index contributed by atoms with van der Waals surface area (Å²) in [6, 6.07) is 0. The van der Waals surface area contributed by atoms with Gasteiger partial charge in [-0.25, -0.2) is 12.7 Å². The highest BCUT2D eigenvalue weighted by molar-refractivity contribution is 14.0. The van der Waals surface area contributed by atoms with Crippen molar-refractivity contribution in [3.05, 3.63) is 0 Å². The van der Waals surface area contributed by atoms with Crippen molar-refractivity contribution < 1.29 is 8.42 Å². The number of nitrogens with zero attached hydrogens (tertiary/aromatic N) is 2. The van der Waals surface area contributed by atoms with Gasteiger partial charge in [-0.2, -0.15) is 11.8 Å². The smallest absolute Gasteiger partial charge is 0.215 e. The zero-order valence-electron chi connectivity index (χ0n) is 12.2. The monoisotopic (exact) mass is 448 g/mol. The predicted molar refractivity (Wildman–Crippen MR) is 99.9 cm³/mol. The Morgan fingerprint density at radius 3 is 2.57 bits per heavy atom. The second kappa shape index (κ2) is 9.41. The first-order chi connectivity index (χ1) is 9.58. The summed E-state index contributed by atoms with van der Waals surface area (Å²) in [5, 5.41) is 2.90. The lowest BCUT2D eigenvalue weighted by Crippen LogP contribution is -2.43. The topological polar surface area (TPSA) is 87.8 Å². The van der Waals surface area contributed by atoms with Crippen LogP contribution in [0.2, 0.25) is 0 Å². The molecule has 0 aromatic heterocycles. The molecule has 0 atom stereocenters. The van der Waals surface area contributed by atoms with Crippen LogP contribution >= 0.6 is 35.7 Å². The van der Waals surface area contributed by atoms with Crippen LogP contribution in [-0.4, -0.2) is 62.1 Å². The number of thioether (sulfide) groups is 1. The quantitative estimate of drug-likeness (QED) is 0.355. The molecule has 3 N–H and O–H groups in total. The fourth-order valence-corrected chi connectivity index (χ4v) is 4.71. The Morgan fingerprint density at radius 2 is 2.00 bits per heavy atom. The van der Waals surface area contributed by atoms with Gasteiger partial charge in [0.2, 0.25) is 10.0 Å². The highest BCUT2D eigenvalue weighted by Crippen LogP contribution is 2.26. The summed E-state index contributed by atoms with van der Waals surface area (Å²) in [4.78, 5) is 4.25. The van der Waals surface area contributed by atoms with Gasteiger partial charge in [0.05, 0.1) is 5.75 Å². The minimum Gasteiger partial charge on any atom is -0.370 e. The Kier molecular flexibility index (Phi) is 8.65. The maximum atomic E-state index is 12.1. The van der Waals surface area contributed by atoms with E-state index in [2.05, 4.69) is 10.3 Å². The highest BCUT2D eigenvalue weighted by Gasteiger charge is 2.23. The molecule has 124 valence electrons.